The van der Waals surface area contributed by atoms with E-state index in [4.69, 9.17) is 28.9 Å². The third-order valence-corrected chi connectivity index (χ3v) is 8.95. The smallest absolute Gasteiger partial charge is 0.264 e. The Hall–Kier alpha value is -6.87. The van der Waals surface area contributed by atoms with Crippen LogP contribution in [-0.4, -0.2) is 53.4 Å². The van der Waals surface area contributed by atoms with Crippen LogP contribution >= 0.6 is 0 Å². The molecule has 8 rings (SSSR count). The van der Waals surface area contributed by atoms with E-state index in [0.717, 1.165) is 62.8 Å². The first-order valence-electron chi connectivity index (χ1n) is 17.0. The van der Waals surface area contributed by atoms with Crippen LogP contribution in [0.4, 0.5) is 0 Å². The SMILES string of the molecule is COc1ccc(C(=O)n2c(-c3ccc(OC)cc3)nc3ccccc32)cc1.COc1ccc(Cn2c(-c3ccc(OC)cc3)nc3ccccc32)cc1. The van der Waals surface area contributed by atoms with Crippen molar-refractivity contribution in [3.8, 4) is 45.8 Å². The molecule has 0 amide bonds. The predicted octanol–water partition coefficient (Wildman–Crippen LogP) is 9.18. The lowest BCUT2D eigenvalue weighted by atomic mass is 10.1. The molecule has 0 saturated carbocycles. The van der Waals surface area contributed by atoms with Gasteiger partial charge >= 0.3 is 0 Å². The van der Waals surface area contributed by atoms with Gasteiger partial charge in [-0.2, -0.15) is 0 Å². The van der Waals surface area contributed by atoms with E-state index >= 15 is 0 Å². The number of aromatic nitrogens is 4. The van der Waals surface area contributed by atoms with E-state index < -0.39 is 0 Å². The molecule has 0 fully saturated rings. The molecule has 0 radical (unpaired) electrons. The van der Waals surface area contributed by atoms with Crippen LogP contribution in [-0.2, 0) is 6.54 Å². The number of carbonyl (C=O) groups excluding carboxylic acids is 1. The highest BCUT2D eigenvalue weighted by Gasteiger charge is 2.20. The van der Waals surface area contributed by atoms with Gasteiger partial charge in [0.05, 0.1) is 50.5 Å². The molecule has 0 atom stereocenters. The number of hydrogen-bond donors (Lipinski definition) is 0. The highest BCUT2D eigenvalue weighted by molar-refractivity contribution is 6.04. The average Bonchev–Trinajstić information content (AvgIpc) is 3.80. The Labute approximate surface area is 307 Å². The summed E-state index contributed by atoms with van der Waals surface area (Å²) in [5, 5.41) is 0. The molecule has 8 aromatic rings. The lowest BCUT2D eigenvalue weighted by Crippen LogP contribution is -2.13. The van der Waals surface area contributed by atoms with E-state index in [0.29, 0.717) is 17.1 Å². The van der Waals surface area contributed by atoms with Gasteiger partial charge in [0.25, 0.3) is 5.91 Å². The van der Waals surface area contributed by atoms with Crippen LogP contribution in [0.25, 0.3) is 44.8 Å². The van der Waals surface area contributed by atoms with Crippen molar-refractivity contribution in [1.29, 1.82) is 0 Å². The Morgan fingerprint density at radius 3 is 1.43 bits per heavy atom. The Bertz CT molecular complexity index is 2470. The quantitative estimate of drug-likeness (QED) is 0.148. The third kappa shape index (κ3) is 7.31. The van der Waals surface area contributed by atoms with Crippen molar-refractivity contribution in [2.75, 3.05) is 28.4 Å². The van der Waals surface area contributed by atoms with Gasteiger partial charge in [0, 0.05) is 23.2 Å². The van der Waals surface area contributed by atoms with Crippen molar-refractivity contribution >= 4 is 28.0 Å². The Morgan fingerprint density at radius 1 is 0.491 bits per heavy atom. The summed E-state index contributed by atoms with van der Waals surface area (Å²) < 4.78 is 24.8. The predicted molar refractivity (Wildman–Crippen MR) is 208 cm³/mol. The largest absolute Gasteiger partial charge is 0.497 e. The van der Waals surface area contributed by atoms with Gasteiger partial charge in [0.1, 0.15) is 34.6 Å². The number of methoxy groups -OCH3 is 4. The standard InChI is InChI=1S/C22H18N2O3.C22H20N2O2/c1-26-17-11-7-15(8-12-17)21-23-19-5-3-4-6-20(19)24(21)22(25)16-9-13-18(27-2)14-10-16;1-25-18-11-7-16(8-12-18)15-24-21-6-4-3-5-20(21)23-22(24)17-9-13-19(26-2)14-10-17/h3-14H,1-2H3;3-14H,15H2,1-2H3. The Morgan fingerprint density at radius 2 is 0.906 bits per heavy atom. The molecule has 0 unspecified atom stereocenters. The minimum absolute atomic E-state index is 0.142. The number of ether oxygens (including phenoxy) is 4. The Kier molecular flexibility index (Phi) is 10.2. The van der Waals surface area contributed by atoms with Gasteiger partial charge in [-0.1, -0.05) is 36.4 Å². The molecule has 6 aromatic carbocycles. The molecule has 53 heavy (non-hydrogen) atoms. The normalized spacial score (nSPS) is 10.8. The van der Waals surface area contributed by atoms with E-state index in [1.165, 1.54) is 5.56 Å². The number of hydrogen-bond acceptors (Lipinski definition) is 7. The van der Waals surface area contributed by atoms with Crippen molar-refractivity contribution in [2.45, 2.75) is 6.54 Å². The van der Waals surface area contributed by atoms with Gasteiger partial charge in [0.15, 0.2) is 0 Å². The first kappa shape index (κ1) is 34.6. The van der Waals surface area contributed by atoms with Crippen molar-refractivity contribution < 1.29 is 23.7 Å². The van der Waals surface area contributed by atoms with E-state index in [9.17, 15) is 4.79 Å². The van der Waals surface area contributed by atoms with E-state index in [-0.39, 0.29) is 5.91 Å². The van der Waals surface area contributed by atoms with Crippen molar-refractivity contribution in [2.24, 2.45) is 0 Å². The minimum atomic E-state index is -0.142. The molecular weight excluding hydrogens is 665 g/mol. The van der Waals surface area contributed by atoms with Crippen LogP contribution in [0.15, 0.2) is 146 Å². The van der Waals surface area contributed by atoms with Crippen LogP contribution in [0.2, 0.25) is 0 Å². The number of nitrogens with zero attached hydrogens (tertiary/aromatic N) is 4. The lowest BCUT2D eigenvalue weighted by Gasteiger charge is -2.11. The summed E-state index contributed by atoms with van der Waals surface area (Å²) in [5.74, 6) is 4.56. The highest BCUT2D eigenvalue weighted by Crippen LogP contribution is 2.29. The average molecular weight is 703 g/mol. The molecule has 9 nitrogen and oxygen atoms in total. The minimum Gasteiger partial charge on any atom is -0.497 e. The number of fused-ring (bicyclic) bond motifs is 2. The maximum atomic E-state index is 13.3. The summed E-state index contributed by atoms with van der Waals surface area (Å²) in [6, 6.07) is 46.6. The molecular formula is C44H38N4O5. The number of benzene rings is 6. The number of carbonyl (C=O) groups is 1. The van der Waals surface area contributed by atoms with Crippen LogP contribution < -0.4 is 18.9 Å². The molecule has 0 saturated heterocycles. The summed E-state index contributed by atoms with van der Waals surface area (Å²) >= 11 is 0. The first-order valence-corrected chi connectivity index (χ1v) is 17.0. The second-order valence-electron chi connectivity index (χ2n) is 12.1. The fourth-order valence-corrected chi connectivity index (χ4v) is 6.14. The van der Waals surface area contributed by atoms with Crippen molar-refractivity contribution in [3.63, 3.8) is 0 Å². The molecule has 0 spiro atoms. The van der Waals surface area contributed by atoms with Gasteiger partial charge in [-0.3, -0.25) is 9.36 Å². The number of para-hydroxylation sites is 4. The van der Waals surface area contributed by atoms with Gasteiger partial charge in [0.2, 0.25) is 0 Å². The van der Waals surface area contributed by atoms with Crippen LogP contribution in [0, 0.1) is 0 Å². The van der Waals surface area contributed by atoms with Gasteiger partial charge in [-0.15, -0.1) is 0 Å². The van der Waals surface area contributed by atoms with E-state index in [1.807, 2.05) is 103 Å². The maximum absolute atomic E-state index is 13.3. The highest BCUT2D eigenvalue weighted by atomic mass is 16.5. The fraction of sp³-hybridized carbons (Fsp3) is 0.114. The molecule has 0 bridgehead atoms. The lowest BCUT2D eigenvalue weighted by molar-refractivity contribution is 0.0966. The topological polar surface area (TPSA) is 89.6 Å². The molecule has 2 heterocycles. The summed E-state index contributed by atoms with van der Waals surface area (Å²) in [5.41, 5.74) is 7.32. The molecule has 0 aliphatic rings. The first-order chi connectivity index (χ1) is 26.0. The summed E-state index contributed by atoms with van der Waals surface area (Å²) in [6.07, 6.45) is 0. The number of imidazole rings is 2. The summed E-state index contributed by atoms with van der Waals surface area (Å²) in [4.78, 5) is 22.9. The fourth-order valence-electron chi connectivity index (χ4n) is 6.14. The van der Waals surface area contributed by atoms with Crippen molar-refractivity contribution in [3.05, 3.63) is 157 Å². The molecule has 2 aromatic heterocycles. The van der Waals surface area contributed by atoms with E-state index in [1.54, 1.807) is 57.3 Å². The molecule has 0 aliphatic carbocycles. The maximum Gasteiger partial charge on any atom is 0.264 e. The molecule has 0 aliphatic heterocycles. The second-order valence-corrected chi connectivity index (χ2v) is 12.1. The monoisotopic (exact) mass is 702 g/mol. The zero-order chi connectivity index (χ0) is 36.7. The molecule has 0 N–H and O–H groups in total. The van der Waals surface area contributed by atoms with Gasteiger partial charge in [-0.25, -0.2) is 9.97 Å². The second kappa shape index (κ2) is 15.6. The van der Waals surface area contributed by atoms with Crippen LogP contribution in [0.1, 0.15) is 15.9 Å². The Balaban J connectivity index is 0.000000164. The van der Waals surface area contributed by atoms with E-state index in [2.05, 4.69) is 22.8 Å². The van der Waals surface area contributed by atoms with Crippen molar-refractivity contribution in [1.82, 2.24) is 19.1 Å². The van der Waals surface area contributed by atoms with Gasteiger partial charge in [-0.05, 0) is 115 Å². The van der Waals surface area contributed by atoms with Crippen LogP contribution in [0.3, 0.4) is 0 Å². The van der Waals surface area contributed by atoms with Crippen LogP contribution in [0.5, 0.6) is 23.0 Å². The number of rotatable bonds is 9. The van der Waals surface area contributed by atoms with Gasteiger partial charge < -0.3 is 23.5 Å². The summed E-state index contributed by atoms with van der Waals surface area (Å²) in [6.45, 7) is 0.742. The molecule has 9 heteroatoms. The summed E-state index contributed by atoms with van der Waals surface area (Å²) in [7, 11) is 6.58. The molecule has 264 valence electrons. The zero-order valence-electron chi connectivity index (χ0n) is 29.9. The third-order valence-electron chi connectivity index (χ3n) is 8.95. The zero-order valence-corrected chi connectivity index (χ0v) is 29.9.